The van der Waals surface area contributed by atoms with Crippen molar-refractivity contribution in [3.05, 3.63) is 81.2 Å². The van der Waals surface area contributed by atoms with Gasteiger partial charge in [-0.25, -0.2) is 0 Å². The average Bonchev–Trinajstić information content (AvgIpc) is 3.11. The molecule has 0 aliphatic carbocycles. The first-order valence-electron chi connectivity index (χ1n) is 10.8. The predicted molar refractivity (Wildman–Crippen MR) is 135 cm³/mol. The molecule has 8 heteroatoms. The Bertz CT molecular complexity index is 1250. The van der Waals surface area contributed by atoms with Crippen molar-refractivity contribution in [3.63, 3.8) is 0 Å². The second-order valence-electron chi connectivity index (χ2n) is 8.65. The monoisotopic (exact) mass is 480 g/mol. The van der Waals surface area contributed by atoms with Crippen molar-refractivity contribution in [2.45, 2.75) is 37.8 Å². The number of amides is 1. The lowest BCUT2D eigenvalue weighted by Crippen LogP contribution is -2.29. The van der Waals surface area contributed by atoms with Crippen molar-refractivity contribution >= 4 is 32.4 Å². The number of carbonyl (C=O) groups is 1. The number of rotatable bonds is 6. The Morgan fingerprint density at radius 3 is 2.48 bits per heavy atom. The summed E-state index contributed by atoms with van der Waals surface area (Å²) >= 11 is 1.50. The van der Waals surface area contributed by atoms with Crippen LogP contribution in [0.3, 0.4) is 0 Å². The zero-order valence-electron chi connectivity index (χ0n) is 18.8. The van der Waals surface area contributed by atoms with Gasteiger partial charge in [-0.3, -0.25) is 19.0 Å². The van der Waals surface area contributed by atoms with Gasteiger partial charge in [0.05, 0.1) is 12.0 Å². The molecule has 0 spiro atoms. The lowest BCUT2D eigenvalue weighted by Gasteiger charge is -2.26. The highest BCUT2D eigenvalue weighted by atomic mass is 32.3. The highest BCUT2D eigenvalue weighted by Crippen LogP contribution is 2.37. The Kier molecular flexibility index (Phi) is 6.77. The van der Waals surface area contributed by atoms with E-state index in [1.165, 1.54) is 28.7 Å². The minimum absolute atomic E-state index is 0.172. The van der Waals surface area contributed by atoms with Crippen molar-refractivity contribution in [2.75, 3.05) is 18.1 Å². The first kappa shape index (κ1) is 23.3. The topological polar surface area (TPSA) is 99.2 Å². The zero-order chi connectivity index (χ0) is 23.6. The highest BCUT2D eigenvalue weighted by molar-refractivity contribution is 8.00. The largest absolute Gasteiger partial charge is 0.316 e. The Morgan fingerprint density at radius 1 is 1.18 bits per heavy atom. The SMILES string of the molecule is Cc1ccc(CN2CCc3c(sc(NC(=O)Cc4ccc([SH](C)(N)=O)cc4)c3C#N)C2)cc1. The number of nitriles is 1. The summed E-state index contributed by atoms with van der Waals surface area (Å²) in [4.78, 5) is 16.8. The number of anilines is 1. The summed E-state index contributed by atoms with van der Waals surface area (Å²) in [6.07, 6.45) is 2.48. The molecule has 3 aromatic rings. The molecule has 0 saturated heterocycles. The number of hydrogen-bond acceptors (Lipinski definition) is 5. The number of benzene rings is 2. The molecule has 3 N–H and O–H groups in total. The molecule has 0 unspecified atom stereocenters. The summed E-state index contributed by atoms with van der Waals surface area (Å²) in [6, 6.07) is 17.8. The van der Waals surface area contributed by atoms with Crippen LogP contribution >= 0.6 is 11.3 Å². The summed E-state index contributed by atoms with van der Waals surface area (Å²) in [5.41, 5.74) is 4.97. The predicted octanol–water partition coefficient (Wildman–Crippen LogP) is 3.55. The van der Waals surface area contributed by atoms with E-state index in [1.807, 2.05) is 0 Å². The van der Waals surface area contributed by atoms with Gasteiger partial charge < -0.3 is 5.32 Å². The molecule has 2 aromatic carbocycles. The van der Waals surface area contributed by atoms with Crippen LogP contribution in [-0.2, 0) is 40.8 Å². The fourth-order valence-electron chi connectivity index (χ4n) is 4.02. The molecule has 1 aromatic heterocycles. The third-order valence-electron chi connectivity index (χ3n) is 5.84. The summed E-state index contributed by atoms with van der Waals surface area (Å²) in [5, 5.41) is 19.0. The molecule has 33 heavy (non-hydrogen) atoms. The standard InChI is InChI=1S/C25H28N4O2S2/c1-17-3-5-19(6-4-17)15-29-12-11-21-22(14-26)25(32-23(21)16-29)28-24(30)13-18-7-9-20(10-8-18)33(2,27)31/h3-10,33H,11-13,15-16H2,1-2H3,(H2,27,31)(H,28,30). The van der Waals surface area contributed by atoms with Crippen molar-refractivity contribution in [1.29, 1.82) is 5.26 Å². The van der Waals surface area contributed by atoms with E-state index in [1.54, 1.807) is 24.3 Å². The van der Waals surface area contributed by atoms with Gasteiger partial charge in [0.1, 0.15) is 11.1 Å². The second kappa shape index (κ2) is 9.57. The minimum atomic E-state index is -2.81. The highest BCUT2D eigenvalue weighted by Gasteiger charge is 2.25. The molecule has 2 heterocycles. The van der Waals surface area contributed by atoms with Crippen LogP contribution in [0.5, 0.6) is 0 Å². The first-order chi connectivity index (χ1) is 15.7. The number of thiol groups is 1. The lowest BCUT2D eigenvalue weighted by molar-refractivity contribution is -0.115. The van der Waals surface area contributed by atoms with E-state index in [-0.39, 0.29) is 12.3 Å². The normalized spacial score (nSPS) is 14.4. The van der Waals surface area contributed by atoms with Crippen LogP contribution in [-0.4, -0.2) is 27.8 Å². The fourth-order valence-corrected chi connectivity index (χ4v) is 6.01. The van der Waals surface area contributed by atoms with Crippen LogP contribution in [0.1, 0.15) is 32.7 Å². The number of nitrogens with two attached hydrogens (primary N) is 1. The smallest absolute Gasteiger partial charge is 0.229 e. The van der Waals surface area contributed by atoms with Gasteiger partial charge in [-0.15, -0.1) is 11.3 Å². The van der Waals surface area contributed by atoms with Gasteiger partial charge in [-0.2, -0.15) is 5.26 Å². The van der Waals surface area contributed by atoms with Crippen LogP contribution < -0.4 is 10.5 Å². The number of aryl methyl sites for hydroxylation is 1. The maximum Gasteiger partial charge on any atom is 0.229 e. The van der Waals surface area contributed by atoms with Crippen LogP contribution in [0.15, 0.2) is 53.4 Å². The quantitative estimate of drug-likeness (QED) is 0.470. The number of fused-ring (bicyclic) bond motifs is 1. The van der Waals surface area contributed by atoms with E-state index < -0.39 is 10.1 Å². The molecule has 6 nitrogen and oxygen atoms in total. The average molecular weight is 481 g/mol. The fraction of sp³-hybridized carbons (Fsp3) is 0.280. The van der Waals surface area contributed by atoms with Gasteiger partial charge in [0.15, 0.2) is 0 Å². The molecule has 1 aliphatic rings. The molecule has 0 saturated carbocycles. The number of nitrogens with one attached hydrogen (secondary N) is 1. The molecule has 0 atom stereocenters. The number of hydrogen-bond donors (Lipinski definition) is 3. The molecular formula is C25H28N4O2S2. The maximum atomic E-state index is 12.7. The van der Waals surface area contributed by atoms with Crippen molar-refractivity contribution < 1.29 is 9.00 Å². The third kappa shape index (κ3) is 5.57. The number of nitrogens with zero attached hydrogens (tertiary/aromatic N) is 2. The van der Waals surface area contributed by atoms with Crippen molar-refractivity contribution in [2.24, 2.45) is 5.14 Å². The number of carbonyl (C=O) groups excluding carboxylic acids is 1. The van der Waals surface area contributed by atoms with Crippen molar-refractivity contribution in [1.82, 2.24) is 4.90 Å². The van der Waals surface area contributed by atoms with Crippen LogP contribution in [0.4, 0.5) is 5.00 Å². The molecule has 1 amide bonds. The van der Waals surface area contributed by atoms with Crippen LogP contribution in [0.2, 0.25) is 0 Å². The van der Waals surface area contributed by atoms with Gasteiger partial charge >= 0.3 is 0 Å². The van der Waals surface area contributed by atoms with Gasteiger partial charge in [0.2, 0.25) is 5.91 Å². The van der Waals surface area contributed by atoms with E-state index in [2.05, 4.69) is 47.5 Å². The molecule has 0 bridgehead atoms. The van der Waals surface area contributed by atoms with E-state index in [0.717, 1.165) is 42.1 Å². The van der Waals surface area contributed by atoms with Gasteiger partial charge in [0, 0.05) is 35.7 Å². The van der Waals surface area contributed by atoms with E-state index in [4.69, 9.17) is 5.14 Å². The Hall–Kier alpha value is -2.83. The zero-order valence-corrected chi connectivity index (χ0v) is 20.5. The minimum Gasteiger partial charge on any atom is -0.316 e. The van der Waals surface area contributed by atoms with Crippen LogP contribution in [0, 0.1) is 18.3 Å². The molecule has 172 valence electrons. The Morgan fingerprint density at radius 2 is 1.85 bits per heavy atom. The van der Waals surface area contributed by atoms with Gasteiger partial charge in [0.25, 0.3) is 0 Å². The second-order valence-corrected chi connectivity index (χ2v) is 12.2. The van der Waals surface area contributed by atoms with Gasteiger partial charge in [-0.05, 0) is 52.3 Å². The number of thiophene rings is 1. The Labute approximate surface area is 199 Å². The van der Waals surface area contributed by atoms with Crippen molar-refractivity contribution in [3.8, 4) is 6.07 Å². The Balaban J connectivity index is 1.43. The summed E-state index contributed by atoms with van der Waals surface area (Å²) in [5.74, 6) is -0.179. The lowest BCUT2D eigenvalue weighted by atomic mass is 10.0. The van der Waals surface area contributed by atoms with E-state index in [0.29, 0.717) is 15.5 Å². The molecular weight excluding hydrogens is 452 g/mol. The van der Waals surface area contributed by atoms with E-state index in [9.17, 15) is 14.3 Å². The summed E-state index contributed by atoms with van der Waals surface area (Å²) in [7, 11) is -2.81. The molecule has 4 rings (SSSR count). The first-order valence-corrected chi connectivity index (χ1v) is 13.8. The van der Waals surface area contributed by atoms with Gasteiger partial charge in [-0.1, -0.05) is 42.0 Å². The molecule has 0 radical (unpaired) electrons. The van der Waals surface area contributed by atoms with E-state index >= 15 is 0 Å². The molecule has 1 aliphatic heterocycles. The maximum absolute atomic E-state index is 12.7. The summed E-state index contributed by atoms with van der Waals surface area (Å²) in [6.45, 7) is 4.61. The third-order valence-corrected chi connectivity index (χ3v) is 8.30. The molecule has 0 fully saturated rings. The van der Waals surface area contributed by atoms with Crippen LogP contribution in [0.25, 0.3) is 0 Å². The summed E-state index contributed by atoms with van der Waals surface area (Å²) < 4.78 is 12.0.